The summed E-state index contributed by atoms with van der Waals surface area (Å²) in [7, 11) is 4.08. The van der Waals surface area contributed by atoms with E-state index in [-0.39, 0.29) is 0 Å². The molecular formula is C16H23N5. The molecule has 0 aliphatic rings. The summed E-state index contributed by atoms with van der Waals surface area (Å²) in [5, 5.41) is 3.36. The maximum absolute atomic E-state index is 5.96. The molecule has 0 spiro atoms. The van der Waals surface area contributed by atoms with Crippen LogP contribution in [0.1, 0.15) is 24.5 Å². The van der Waals surface area contributed by atoms with Crippen molar-refractivity contribution in [2.45, 2.75) is 26.7 Å². The van der Waals surface area contributed by atoms with E-state index in [1.807, 2.05) is 14.1 Å². The Bertz CT molecular complexity index is 622. The third-order valence-corrected chi connectivity index (χ3v) is 3.43. The van der Waals surface area contributed by atoms with Crippen LogP contribution in [0.4, 0.5) is 23.0 Å². The summed E-state index contributed by atoms with van der Waals surface area (Å²) in [5.74, 6) is 1.34. The highest BCUT2D eigenvalue weighted by molar-refractivity contribution is 5.68. The molecule has 0 fully saturated rings. The Morgan fingerprint density at radius 3 is 2.67 bits per heavy atom. The minimum absolute atomic E-state index is 0.550. The van der Waals surface area contributed by atoms with Crippen LogP contribution in [0.3, 0.4) is 0 Å². The van der Waals surface area contributed by atoms with E-state index in [9.17, 15) is 0 Å². The lowest BCUT2D eigenvalue weighted by molar-refractivity contribution is 0.908. The fraction of sp³-hybridized carbons (Fsp3) is 0.375. The lowest BCUT2D eigenvalue weighted by atomic mass is 10.1. The third-order valence-electron chi connectivity index (χ3n) is 3.43. The SMILES string of the molecule is CCCc1c(N)ncnc1Nc1ccc(C)c(N(C)C)c1. The summed E-state index contributed by atoms with van der Waals surface area (Å²) in [5.41, 5.74) is 10.4. The van der Waals surface area contributed by atoms with Gasteiger partial charge >= 0.3 is 0 Å². The number of rotatable bonds is 5. The van der Waals surface area contributed by atoms with E-state index < -0.39 is 0 Å². The van der Waals surface area contributed by atoms with Gasteiger partial charge in [-0.3, -0.25) is 0 Å². The third kappa shape index (κ3) is 3.42. The average molecular weight is 285 g/mol. The summed E-state index contributed by atoms with van der Waals surface area (Å²) in [6.45, 7) is 4.22. The number of aromatic nitrogens is 2. The first-order chi connectivity index (χ1) is 10.0. The van der Waals surface area contributed by atoms with E-state index >= 15 is 0 Å². The van der Waals surface area contributed by atoms with Crippen molar-refractivity contribution in [1.29, 1.82) is 0 Å². The van der Waals surface area contributed by atoms with Gasteiger partial charge in [-0.1, -0.05) is 19.4 Å². The molecule has 5 nitrogen and oxygen atoms in total. The lowest BCUT2D eigenvalue weighted by Gasteiger charge is -2.18. The number of anilines is 4. The molecule has 2 rings (SSSR count). The van der Waals surface area contributed by atoms with Crippen molar-refractivity contribution in [3.05, 3.63) is 35.7 Å². The molecule has 0 saturated heterocycles. The maximum Gasteiger partial charge on any atom is 0.139 e. The molecule has 1 aromatic carbocycles. The monoisotopic (exact) mass is 285 g/mol. The Hall–Kier alpha value is -2.30. The van der Waals surface area contributed by atoms with Crippen LogP contribution in [0.2, 0.25) is 0 Å². The lowest BCUT2D eigenvalue weighted by Crippen LogP contribution is -2.11. The molecule has 5 heteroatoms. The Morgan fingerprint density at radius 2 is 2.00 bits per heavy atom. The van der Waals surface area contributed by atoms with Crippen LogP contribution in [-0.4, -0.2) is 24.1 Å². The summed E-state index contributed by atoms with van der Waals surface area (Å²) in [6.07, 6.45) is 3.36. The van der Waals surface area contributed by atoms with Crippen molar-refractivity contribution >= 4 is 23.0 Å². The van der Waals surface area contributed by atoms with Gasteiger partial charge in [-0.25, -0.2) is 9.97 Å². The molecule has 0 bridgehead atoms. The molecule has 0 saturated carbocycles. The van der Waals surface area contributed by atoms with Gasteiger partial charge in [0.1, 0.15) is 18.0 Å². The van der Waals surface area contributed by atoms with Gasteiger partial charge in [0.05, 0.1) is 0 Å². The number of hydrogen-bond donors (Lipinski definition) is 2. The van der Waals surface area contributed by atoms with Crippen LogP contribution in [0.15, 0.2) is 24.5 Å². The Kier molecular flexibility index (Phi) is 4.62. The largest absolute Gasteiger partial charge is 0.383 e. The summed E-state index contributed by atoms with van der Waals surface area (Å²) in [6, 6.07) is 6.27. The molecule has 1 heterocycles. The first kappa shape index (κ1) is 15.1. The Morgan fingerprint density at radius 1 is 1.24 bits per heavy atom. The molecule has 3 N–H and O–H groups in total. The Labute approximate surface area is 126 Å². The van der Waals surface area contributed by atoms with E-state index in [2.05, 4.69) is 52.2 Å². The van der Waals surface area contributed by atoms with E-state index in [1.54, 1.807) is 0 Å². The highest BCUT2D eigenvalue weighted by atomic mass is 15.1. The second-order valence-electron chi connectivity index (χ2n) is 5.36. The van der Waals surface area contributed by atoms with Crippen LogP contribution in [-0.2, 0) is 6.42 Å². The molecule has 0 unspecified atom stereocenters. The number of nitrogens with zero attached hydrogens (tertiary/aromatic N) is 3. The zero-order valence-corrected chi connectivity index (χ0v) is 13.1. The predicted molar refractivity (Wildman–Crippen MR) is 89.2 cm³/mol. The van der Waals surface area contributed by atoms with Crippen molar-refractivity contribution < 1.29 is 0 Å². The Balaban J connectivity index is 2.34. The molecule has 0 radical (unpaired) electrons. The van der Waals surface area contributed by atoms with Crippen LogP contribution < -0.4 is 16.0 Å². The molecular weight excluding hydrogens is 262 g/mol. The van der Waals surface area contributed by atoms with Crippen LogP contribution >= 0.6 is 0 Å². The minimum Gasteiger partial charge on any atom is -0.383 e. The standard InChI is InChI=1S/C16H23N5/c1-5-6-13-15(17)18-10-19-16(13)20-12-8-7-11(2)14(9-12)21(3)4/h7-10H,5-6H2,1-4H3,(H3,17,18,19,20). The molecule has 21 heavy (non-hydrogen) atoms. The predicted octanol–water partition coefficient (Wildman–Crippen LogP) is 3.13. The van der Waals surface area contributed by atoms with Gasteiger partial charge < -0.3 is 16.0 Å². The molecule has 2 aromatic rings. The number of nitrogens with one attached hydrogen (secondary N) is 1. The highest BCUT2D eigenvalue weighted by Crippen LogP contribution is 2.27. The van der Waals surface area contributed by atoms with Crippen molar-refractivity contribution in [2.75, 3.05) is 30.0 Å². The van der Waals surface area contributed by atoms with E-state index in [1.165, 1.54) is 17.6 Å². The van der Waals surface area contributed by atoms with Crippen LogP contribution in [0.25, 0.3) is 0 Å². The van der Waals surface area contributed by atoms with E-state index in [0.717, 1.165) is 29.9 Å². The summed E-state index contributed by atoms with van der Waals surface area (Å²) in [4.78, 5) is 10.5. The molecule has 1 aromatic heterocycles. The van der Waals surface area contributed by atoms with E-state index in [0.29, 0.717) is 5.82 Å². The van der Waals surface area contributed by atoms with Gasteiger partial charge in [-0.15, -0.1) is 0 Å². The first-order valence-corrected chi connectivity index (χ1v) is 7.17. The van der Waals surface area contributed by atoms with E-state index in [4.69, 9.17) is 5.73 Å². The van der Waals surface area contributed by atoms with Crippen molar-refractivity contribution in [3.8, 4) is 0 Å². The summed E-state index contributed by atoms with van der Waals surface area (Å²) < 4.78 is 0. The minimum atomic E-state index is 0.550. The molecule has 0 amide bonds. The maximum atomic E-state index is 5.96. The van der Waals surface area contributed by atoms with Crippen molar-refractivity contribution in [2.24, 2.45) is 0 Å². The number of benzene rings is 1. The zero-order chi connectivity index (χ0) is 15.4. The highest BCUT2D eigenvalue weighted by Gasteiger charge is 2.10. The van der Waals surface area contributed by atoms with Crippen LogP contribution in [0.5, 0.6) is 0 Å². The van der Waals surface area contributed by atoms with Crippen LogP contribution in [0, 0.1) is 6.92 Å². The number of nitrogens with two attached hydrogens (primary N) is 1. The quantitative estimate of drug-likeness (QED) is 0.883. The second-order valence-corrected chi connectivity index (χ2v) is 5.36. The number of hydrogen-bond acceptors (Lipinski definition) is 5. The number of nitrogen functional groups attached to an aromatic ring is 1. The zero-order valence-electron chi connectivity index (χ0n) is 13.1. The first-order valence-electron chi connectivity index (χ1n) is 7.17. The van der Waals surface area contributed by atoms with Gasteiger partial charge in [0.15, 0.2) is 0 Å². The topological polar surface area (TPSA) is 67.1 Å². The normalized spacial score (nSPS) is 10.5. The summed E-state index contributed by atoms with van der Waals surface area (Å²) >= 11 is 0. The number of aryl methyl sites for hydroxylation is 1. The molecule has 112 valence electrons. The molecule has 0 aliphatic heterocycles. The molecule has 0 aliphatic carbocycles. The van der Waals surface area contributed by atoms with Crippen molar-refractivity contribution in [3.63, 3.8) is 0 Å². The van der Waals surface area contributed by atoms with Gasteiger partial charge in [-0.05, 0) is 31.0 Å². The van der Waals surface area contributed by atoms with Gasteiger partial charge in [0.2, 0.25) is 0 Å². The van der Waals surface area contributed by atoms with Gasteiger partial charge in [-0.2, -0.15) is 0 Å². The van der Waals surface area contributed by atoms with Crippen molar-refractivity contribution in [1.82, 2.24) is 9.97 Å². The fourth-order valence-electron chi connectivity index (χ4n) is 2.34. The van der Waals surface area contributed by atoms with Gasteiger partial charge in [0, 0.05) is 31.0 Å². The second kappa shape index (κ2) is 6.43. The smallest absolute Gasteiger partial charge is 0.139 e. The van der Waals surface area contributed by atoms with Gasteiger partial charge in [0.25, 0.3) is 0 Å². The molecule has 0 atom stereocenters. The average Bonchev–Trinajstić information content (AvgIpc) is 2.44. The fourth-order valence-corrected chi connectivity index (χ4v) is 2.34.